The molecule has 0 aliphatic heterocycles. The molecule has 0 radical (unpaired) electrons. The number of halogens is 1. The fourth-order valence-electron chi connectivity index (χ4n) is 1.95. The first-order valence-corrected chi connectivity index (χ1v) is 7.66. The second kappa shape index (κ2) is 8.67. The Balaban J connectivity index is 1.84. The van der Waals surface area contributed by atoms with Gasteiger partial charge in [0, 0.05) is 5.69 Å². The number of nitrogens with zero attached hydrogens (tertiary/aromatic N) is 1. The number of carbonyl (C=O) groups excluding carboxylic acids is 1. The molecule has 0 aromatic heterocycles. The molecule has 1 atom stereocenters. The number of rotatable bonds is 7. The van der Waals surface area contributed by atoms with Gasteiger partial charge in [-0.15, -0.1) is 0 Å². The molecule has 0 heterocycles. The van der Waals surface area contributed by atoms with Crippen molar-refractivity contribution in [2.45, 2.75) is 19.9 Å². The third-order valence-electron chi connectivity index (χ3n) is 3.20. The molecular formula is C18H20FN3O2. The minimum Gasteiger partial charge on any atom is -0.494 e. The number of hydrogen-bond acceptors (Lipinski definition) is 4. The Kier molecular flexibility index (Phi) is 6.31. The summed E-state index contributed by atoms with van der Waals surface area (Å²) in [6, 6.07) is 12.7. The van der Waals surface area contributed by atoms with Crippen LogP contribution in [-0.4, -0.2) is 24.8 Å². The summed E-state index contributed by atoms with van der Waals surface area (Å²) < 4.78 is 18.2. The van der Waals surface area contributed by atoms with Crippen LogP contribution in [0.3, 0.4) is 0 Å². The lowest BCUT2D eigenvalue weighted by Crippen LogP contribution is -2.34. The maximum atomic E-state index is 12.8. The van der Waals surface area contributed by atoms with Gasteiger partial charge in [0.15, 0.2) is 0 Å². The molecule has 2 N–H and O–H groups in total. The molecule has 0 saturated heterocycles. The lowest BCUT2D eigenvalue weighted by atomic mass is 10.2. The molecule has 6 heteroatoms. The molecule has 0 bridgehead atoms. The molecular weight excluding hydrogens is 309 g/mol. The van der Waals surface area contributed by atoms with E-state index < -0.39 is 6.04 Å². The summed E-state index contributed by atoms with van der Waals surface area (Å²) in [5.41, 5.74) is 3.95. The minimum atomic E-state index is -0.465. The molecule has 2 rings (SSSR count). The van der Waals surface area contributed by atoms with Gasteiger partial charge >= 0.3 is 0 Å². The van der Waals surface area contributed by atoms with Crippen LogP contribution in [-0.2, 0) is 4.79 Å². The monoisotopic (exact) mass is 329 g/mol. The third kappa shape index (κ3) is 5.39. The molecule has 5 nitrogen and oxygen atoms in total. The van der Waals surface area contributed by atoms with Crippen LogP contribution in [0.2, 0.25) is 0 Å². The van der Waals surface area contributed by atoms with Crippen molar-refractivity contribution < 1.29 is 13.9 Å². The Hall–Kier alpha value is -2.89. The summed E-state index contributed by atoms with van der Waals surface area (Å²) in [7, 11) is 0. The van der Waals surface area contributed by atoms with Crippen molar-refractivity contribution in [3.63, 3.8) is 0 Å². The molecule has 0 aliphatic carbocycles. The van der Waals surface area contributed by atoms with Gasteiger partial charge in [-0.25, -0.2) is 9.82 Å². The van der Waals surface area contributed by atoms with E-state index in [9.17, 15) is 9.18 Å². The zero-order valence-corrected chi connectivity index (χ0v) is 13.6. The topological polar surface area (TPSA) is 62.7 Å². The molecule has 2 aromatic rings. The van der Waals surface area contributed by atoms with Gasteiger partial charge in [0.1, 0.15) is 17.6 Å². The van der Waals surface area contributed by atoms with Crippen LogP contribution < -0.4 is 15.5 Å². The fourth-order valence-corrected chi connectivity index (χ4v) is 1.95. The normalized spacial score (nSPS) is 12.0. The van der Waals surface area contributed by atoms with Crippen molar-refractivity contribution in [3.05, 3.63) is 59.9 Å². The average molecular weight is 329 g/mol. The second-order valence-corrected chi connectivity index (χ2v) is 5.11. The minimum absolute atomic E-state index is 0.276. The smallest absolute Gasteiger partial charge is 0.262 e. The van der Waals surface area contributed by atoms with Crippen LogP contribution in [0.15, 0.2) is 53.6 Å². The molecule has 0 saturated carbocycles. The second-order valence-electron chi connectivity index (χ2n) is 5.11. The van der Waals surface area contributed by atoms with E-state index in [2.05, 4.69) is 15.8 Å². The van der Waals surface area contributed by atoms with Crippen LogP contribution in [0.1, 0.15) is 19.4 Å². The number of ether oxygens (including phenoxy) is 1. The Morgan fingerprint density at radius 2 is 1.88 bits per heavy atom. The highest BCUT2D eigenvalue weighted by atomic mass is 19.1. The van der Waals surface area contributed by atoms with Crippen LogP contribution in [0.25, 0.3) is 0 Å². The molecule has 0 fully saturated rings. The summed E-state index contributed by atoms with van der Waals surface area (Å²) in [4.78, 5) is 12.0. The molecule has 0 spiro atoms. The van der Waals surface area contributed by atoms with Gasteiger partial charge in [-0.05, 0) is 55.8 Å². The molecule has 0 aliphatic rings. The van der Waals surface area contributed by atoms with Crippen LogP contribution in [0.5, 0.6) is 5.75 Å². The highest BCUT2D eigenvalue weighted by Gasteiger charge is 2.11. The van der Waals surface area contributed by atoms with Gasteiger partial charge in [-0.3, -0.25) is 4.79 Å². The highest BCUT2D eigenvalue weighted by molar-refractivity contribution is 5.86. The first kappa shape index (κ1) is 17.5. The Morgan fingerprint density at radius 3 is 2.50 bits per heavy atom. The zero-order valence-electron chi connectivity index (χ0n) is 13.6. The van der Waals surface area contributed by atoms with Crippen molar-refractivity contribution in [1.82, 2.24) is 5.43 Å². The summed E-state index contributed by atoms with van der Waals surface area (Å²) in [5.74, 6) is 0.190. The van der Waals surface area contributed by atoms with E-state index in [4.69, 9.17) is 4.74 Å². The van der Waals surface area contributed by atoms with Crippen LogP contribution in [0.4, 0.5) is 10.1 Å². The zero-order chi connectivity index (χ0) is 17.4. The Bertz CT molecular complexity index is 684. The standard InChI is InChI=1S/C18H20FN3O2/c1-3-24-17-10-8-16(9-11-17)21-13(2)18(23)22-20-12-14-4-6-15(19)7-5-14/h4-13,21H,3H2,1-2H3,(H,22,23). The number of hydrazone groups is 1. The van der Waals surface area contributed by atoms with Gasteiger partial charge in [-0.1, -0.05) is 12.1 Å². The molecule has 1 unspecified atom stereocenters. The number of benzene rings is 2. The predicted octanol–water partition coefficient (Wildman–Crippen LogP) is 3.18. The van der Waals surface area contributed by atoms with E-state index >= 15 is 0 Å². The van der Waals surface area contributed by atoms with Crippen LogP contribution in [0, 0.1) is 5.82 Å². The van der Waals surface area contributed by atoms with Gasteiger partial charge in [0.05, 0.1) is 12.8 Å². The van der Waals surface area contributed by atoms with E-state index in [1.165, 1.54) is 18.3 Å². The van der Waals surface area contributed by atoms with Gasteiger partial charge < -0.3 is 10.1 Å². The van der Waals surface area contributed by atoms with Crippen molar-refractivity contribution in [2.24, 2.45) is 5.10 Å². The number of nitrogens with one attached hydrogen (secondary N) is 2. The lowest BCUT2D eigenvalue weighted by Gasteiger charge is -2.13. The fraction of sp³-hybridized carbons (Fsp3) is 0.222. The van der Waals surface area contributed by atoms with E-state index in [1.807, 2.05) is 31.2 Å². The van der Waals surface area contributed by atoms with E-state index in [-0.39, 0.29) is 11.7 Å². The molecule has 1 amide bonds. The average Bonchev–Trinajstić information content (AvgIpc) is 2.58. The van der Waals surface area contributed by atoms with Crippen molar-refractivity contribution in [2.75, 3.05) is 11.9 Å². The summed E-state index contributed by atoms with van der Waals surface area (Å²) in [6.45, 7) is 4.27. The van der Waals surface area contributed by atoms with Gasteiger partial charge in [0.2, 0.25) is 0 Å². The lowest BCUT2D eigenvalue weighted by molar-refractivity contribution is -0.121. The molecule has 2 aromatic carbocycles. The maximum Gasteiger partial charge on any atom is 0.262 e. The van der Waals surface area contributed by atoms with Crippen molar-refractivity contribution in [3.8, 4) is 5.75 Å². The quantitative estimate of drug-likeness (QED) is 0.606. The van der Waals surface area contributed by atoms with E-state index in [0.717, 1.165) is 11.4 Å². The number of amides is 1. The first-order valence-electron chi connectivity index (χ1n) is 7.66. The summed E-state index contributed by atoms with van der Waals surface area (Å²) >= 11 is 0. The Labute approximate surface area is 140 Å². The van der Waals surface area contributed by atoms with Crippen molar-refractivity contribution in [1.29, 1.82) is 0 Å². The van der Waals surface area contributed by atoms with Crippen LogP contribution >= 0.6 is 0 Å². The maximum absolute atomic E-state index is 12.8. The number of carbonyl (C=O) groups is 1. The molecule has 24 heavy (non-hydrogen) atoms. The van der Waals surface area contributed by atoms with E-state index in [0.29, 0.717) is 12.2 Å². The van der Waals surface area contributed by atoms with Gasteiger partial charge in [-0.2, -0.15) is 5.10 Å². The first-order chi connectivity index (χ1) is 11.6. The number of hydrogen-bond donors (Lipinski definition) is 2. The predicted molar refractivity (Wildman–Crippen MR) is 92.8 cm³/mol. The summed E-state index contributed by atoms with van der Waals surface area (Å²) in [5, 5.41) is 6.94. The summed E-state index contributed by atoms with van der Waals surface area (Å²) in [6.07, 6.45) is 1.46. The Morgan fingerprint density at radius 1 is 1.21 bits per heavy atom. The third-order valence-corrected chi connectivity index (χ3v) is 3.20. The largest absolute Gasteiger partial charge is 0.494 e. The number of anilines is 1. The SMILES string of the molecule is CCOc1ccc(NC(C)C(=O)NN=Cc2ccc(F)cc2)cc1. The highest BCUT2D eigenvalue weighted by Crippen LogP contribution is 2.16. The van der Waals surface area contributed by atoms with Gasteiger partial charge in [0.25, 0.3) is 5.91 Å². The molecule has 126 valence electrons. The van der Waals surface area contributed by atoms with Crippen molar-refractivity contribution >= 4 is 17.8 Å². The van der Waals surface area contributed by atoms with E-state index in [1.54, 1.807) is 19.1 Å².